The van der Waals surface area contributed by atoms with E-state index in [1.165, 1.54) is 7.11 Å². The molecule has 8 heteroatoms. The van der Waals surface area contributed by atoms with Crippen molar-refractivity contribution >= 4 is 25.7 Å². The number of nitrogens with zero attached hydrogens (tertiary/aromatic N) is 3. The number of aliphatic hydroxyl groups is 1. The van der Waals surface area contributed by atoms with E-state index in [-0.39, 0.29) is 29.1 Å². The van der Waals surface area contributed by atoms with Gasteiger partial charge in [0, 0.05) is 18.7 Å². The van der Waals surface area contributed by atoms with Crippen molar-refractivity contribution in [3.05, 3.63) is 11.2 Å². The average Bonchev–Trinajstić information content (AvgIpc) is 2.58. The summed E-state index contributed by atoms with van der Waals surface area (Å²) in [6.07, 6.45) is 4.57. The molecule has 0 amide bonds. The predicted octanol–water partition coefficient (Wildman–Crippen LogP) is 4.27. The summed E-state index contributed by atoms with van der Waals surface area (Å²) in [5.41, 5.74) is 0.276. The normalized spacial score (nSPS) is 28.4. The standard InChI is InChI=1S/C20H34ClN3O3Si/c1-19(2,3)28(5,6)27-15-11-20(12-15)7-8-24(14(10-20)13-25)17-9-16(21)22-18(23-17)26-4/h9,14-15,25H,7-8,10-13H2,1-6H3. The van der Waals surface area contributed by atoms with Crippen molar-refractivity contribution in [1.29, 1.82) is 0 Å². The van der Waals surface area contributed by atoms with Crippen molar-refractivity contribution < 1.29 is 14.3 Å². The molecule has 1 saturated carbocycles. The molecule has 0 radical (unpaired) electrons. The third kappa shape index (κ3) is 4.32. The van der Waals surface area contributed by atoms with E-state index in [1.54, 1.807) is 6.07 Å². The van der Waals surface area contributed by atoms with Crippen LogP contribution in [-0.4, -0.2) is 55.8 Å². The molecule has 1 spiro atoms. The number of ether oxygens (including phenoxy) is 1. The summed E-state index contributed by atoms with van der Waals surface area (Å²) in [6.45, 7) is 12.4. The third-order valence-electron chi connectivity index (χ3n) is 6.93. The topological polar surface area (TPSA) is 67.7 Å². The van der Waals surface area contributed by atoms with Gasteiger partial charge in [0.2, 0.25) is 0 Å². The van der Waals surface area contributed by atoms with Crippen LogP contribution in [-0.2, 0) is 4.43 Å². The van der Waals surface area contributed by atoms with Gasteiger partial charge >= 0.3 is 6.01 Å². The monoisotopic (exact) mass is 427 g/mol. The van der Waals surface area contributed by atoms with Gasteiger partial charge in [-0.05, 0) is 49.2 Å². The quantitative estimate of drug-likeness (QED) is 0.559. The molecular formula is C20H34ClN3O3Si. The minimum absolute atomic E-state index is 0.0262. The second-order valence-corrected chi connectivity index (χ2v) is 15.1. The fourth-order valence-electron chi connectivity index (χ4n) is 4.29. The molecule has 28 heavy (non-hydrogen) atoms. The third-order valence-corrected chi connectivity index (χ3v) is 11.7. The van der Waals surface area contributed by atoms with Crippen molar-refractivity contribution in [3.8, 4) is 6.01 Å². The van der Waals surface area contributed by atoms with Gasteiger partial charge < -0.3 is 19.2 Å². The minimum Gasteiger partial charge on any atom is -0.467 e. The zero-order chi connectivity index (χ0) is 20.7. The highest BCUT2D eigenvalue weighted by atomic mass is 35.5. The van der Waals surface area contributed by atoms with Crippen LogP contribution >= 0.6 is 11.6 Å². The Kier molecular flexibility index (Phi) is 6.03. The highest BCUT2D eigenvalue weighted by Gasteiger charge is 2.51. The van der Waals surface area contributed by atoms with Crippen molar-refractivity contribution in [2.75, 3.05) is 25.2 Å². The van der Waals surface area contributed by atoms with Gasteiger partial charge in [0.05, 0.1) is 19.8 Å². The van der Waals surface area contributed by atoms with Crippen LogP contribution < -0.4 is 9.64 Å². The van der Waals surface area contributed by atoms with E-state index < -0.39 is 8.32 Å². The van der Waals surface area contributed by atoms with Crippen LogP contribution in [0.2, 0.25) is 23.3 Å². The summed E-state index contributed by atoms with van der Waals surface area (Å²) in [5, 5.41) is 10.6. The van der Waals surface area contributed by atoms with Crippen LogP contribution in [0.15, 0.2) is 6.07 Å². The van der Waals surface area contributed by atoms with Gasteiger partial charge in [-0.15, -0.1) is 0 Å². The maximum Gasteiger partial charge on any atom is 0.319 e. The fourth-order valence-corrected chi connectivity index (χ4v) is 5.82. The molecule has 2 aliphatic rings. The molecule has 2 fully saturated rings. The van der Waals surface area contributed by atoms with E-state index in [4.69, 9.17) is 20.8 Å². The van der Waals surface area contributed by atoms with Crippen LogP contribution in [0.5, 0.6) is 6.01 Å². The number of piperidine rings is 1. The van der Waals surface area contributed by atoms with E-state index in [0.717, 1.165) is 38.0 Å². The first-order valence-electron chi connectivity index (χ1n) is 10.1. The van der Waals surface area contributed by atoms with Crippen LogP contribution in [0.25, 0.3) is 0 Å². The number of hydrogen-bond donors (Lipinski definition) is 1. The largest absolute Gasteiger partial charge is 0.467 e. The highest BCUT2D eigenvalue weighted by molar-refractivity contribution is 6.74. The Morgan fingerprint density at radius 3 is 2.54 bits per heavy atom. The van der Waals surface area contributed by atoms with E-state index in [9.17, 15) is 5.11 Å². The van der Waals surface area contributed by atoms with Gasteiger partial charge in [0.1, 0.15) is 11.0 Å². The lowest BCUT2D eigenvalue weighted by molar-refractivity contribution is -0.0499. The van der Waals surface area contributed by atoms with Gasteiger partial charge in [-0.25, -0.2) is 0 Å². The number of aliphatic hydroxyl groups excluding tert-OH is 1. The Hall–Kier alpha value is -0.893. The molecule has 1 aromatic heterocycles. The molecule has 0 aromatic carbocycles. The summed E-state index contributed by atoms with van der Waals surface area (Å²) in [4.78, 5) is 10.6. The minimum atomic E-state index is -1.73. The fraction of sp³-hybridized carbons (Fsp3) is 0.800. The number of anilines is 1. The number of halogens is 1. The van der Waals surface area contributed by atoms with E-state index in [0.29, 0.717) is 11.3 Å². The molecule has 0 bridgehead atoms. The predicted molar refractivity (Wildman–Crippen MR) is 115 cm³/mol. The first-order chi connectivity index (χ1) is 13.0. The molecule has 1 aromatic rings. The number of hydrogen-bond acceptors (Lipinski definition) is 6. The maximum atomic E-state index is 10.1. The maximum absolute atomic E-state index is 10.1. The molecule has 2 heterocycles. The zero-order valence-corrected chi connectivity index (χ0v) is 19.7. The van der Waals surface area contributed by atoms with Gasteiger partial charge in [-0.1, -0.05) is 32.4 Å². The van der Waals surface area contributed by atoms with Gasteiger partial charge in [-0.2, -0.15) is 9.97 Å². The summed E-state index contributed by atoms with van der Waals surface area (Å²) < 4.78 is 11.7. The molecule has 158 valence electrons. The summed E-state index contributed by atoms with van der Waals surface area (Å²) in [7, 11) is -0.203. The first kappa shape index (κ1) is 21.8. The molecule has 3 rings (SSSR count). The molecule has 1 unspecified atom stereocenters. The van der Waals surface area contributed by atoms with Crippen molar-refractivity contribution in [2.45, 2.75) is 76.7 Å². The van der Waals surface area contributed by atoms with Crippen LogP contribution in [0.3, 0.4) is 0 Å². The van der Waals surface area contributed by atoms with Gasteiger partial charge in [0.25, 0.3) is 0 Å². The van der Waals surface area contributed by atoms with Crippen LogP contribution in [0.1, 0.15) is 46.5 Å². The number of aromatic nitrogens is 2. The van der Waals surface area contributed by atoms with Crippen LogP contribution in [0.4, 0.5) is 5.82 Å². The first-order valence-corrected chi connectivity index (χ1v) is 13.4. The lowest BCUT2D eigenvalue weighted by Gasteiger charge is -2.56. The van der Waals surface area contributed by atoms with Crippen molar-refractivity contribution in [2.24, 2.45) is 5.41 Å². The Balaban J connectivity index is 1.65. The average molecular weight is 428 g/mol. The highest BCUT2D eigenvalue weighted by Crippen LogP contribution is 2.54. The molecule has 6 nitrogen and oxygen atoms in total. The van der Waals surface area contributed by atoms with Gasteiger partial charge in [-0.3, -0.25) is 0 Å². The summed E-state index contributed by atoms with van der Waals surface area (Å²) in [5.74, 6) is 0.721. The molecule has 1 aliphatic carbocycles. The number of methoxy groups -OCH3 is 1. The lowest BCUT2D eigenvalue weighted by Crippen LogP contribution is -2.57. The summed E-state index contributed by atoms with van der Waals surface area (Å²) in [6, 6.07) is 2.03. The van der Waals surface area contributed by atoms with Gasteiger partial charge in [0.15, 0.2) is 8.32 Å². The molecule has 1 atom stereocenters. The van der Waals surface area contributed by atoms with Crippen LogP contribution in [0, 0.1) is 5.41 Å². The number of rotatable bonds is 5. The van der Waals surface area contributed by atoms with E-state index in [2.05, 4.69) is 48.7 Å². The lowest BCUT2D eigenvalue weighted by atomic mass is 9.60. The Morgan fingerprint density at radius 2 is 1.96 bits per heavy atom. The molecule has 1 N–H and O–H groups in total. The van der Waals surface area contributed by atoms with E-state index >= 15 is 0 Å². The Bertz CT molecular complexity index is 704. The second kappa shape index (κ2) is 7.74. The molecular weight excluding hydrogens is 394 g/mol. The second-order valence-electron chi connectivity index (χ2n) is 9.93. The SMILES string of the molecule is COc1nc(Cl)cc(N2CCC3(CC(O[Si](C)(C)C(C)(C)C)C3)CC2CO)n1. The van der Waals surface area contributed by atoms with E-state index in [1.807, 2.05) is 0 Å². The van der Waals surface area contributed by atoms with Crippen molar-refractivity contribution in [3.63, 3.8) is 0 Å². The smallest absolute Gasteiger partial charge is 0.319 e. The molecule has 1 aliphatic heterocycles. The Morgan fingerprint density at radius 1 is 1.29 bits per heavy atom. The van der Waals surface area contributed by atoms with Crippen molar-refractivity contribution in [1.82, 2.24) is 9.97 Å². The zero-order valence-electron chi connectivity index (χ0n) is 18.0. The summed E-state index contributed by atoms with van der Waals surface area (Å²) >= 11 is 6.12. The molecule has 1 saturated heterocycles. The Labute approximate surface area is 174 Å².